The quantitative estimate of drug-likeness (QED) is 0.370. The molecule has 8 nitrogen and oxygen atoms in total. The number of rotatable bonds is 11. The van der Waals surface area contributed by atoms with Gasteiger partial charge in [-0.2, -0.15) is 0 Å². The number of hydrogen-bond acceptors (Lipinski definition) is 6. The summed E-state index contributed by atoms with van der Waals surface area (Å²) in [5, 5.41) is 12.7. The Bertz CT molecular complexity index is 1110. The fourth-order valence-electron chi connectivity index (χ4n) is 6.19. The van der Waals surface area contributed by atoms with E-state index in [1.54, 1.807) is 4.90 Å². The van der Waals surface area contributed by atoms with E-state index in [-0.39, 0.29) is 55.1 Å². The van der Waals surface area contributed by atoms with Crippen LogP contribution in [0.2, 0.25) is 18.6 Å². The SMILES string of the molecule is C[C@H]1[C@H]([Si](C)(C)O)[C@@H](CC(=O)N(CCO)Cc2ccccc2)O[C@H]1CCc1cccc(N2CCNCC2=O)c1. The highest BCUT2D eigenvalue weighted by Crippen LogP contribution is 2.45. The van der Waals surface area contributed by atoms with Crippen molar-refractivity contribution < 1.29 is 24.2 Å². The van der Waals surface area contributed by atoms with Crippen LogP contribution in [0.3, 0.4) is 0 Å². The highest BCUT2D eigenvalue weighted by atomic mass is 28.4. The van der Waals surface area contributed by atoms with E-state index in [2.05, 4.69) is 24.4 Å². The lowest BCUT2D eigenvalue weighted by atomic mass is 9.95. The Kier molecular flexibility index (Phi) is 9.95. The number of ether oxygens (including phenoxy) is 1. The van der Waals surface area contributed by atoms with Crippen molar-refractivity contribution in [1.29, 1.82) is 0 Å². The number of benzene rings is 2. The number of aliphatic hydroxyl groups excluding tert-OH is 1. The van der Waals surface area contributed by atoms with E-state index in [9.17, 15) is 19.5 Å². The molecule has 2 fully saturated rings. The summed E-state index contributed by atoms with van der Waals surface area (Å²) in [7, 11) is -2.63. The van der Waals surface area contributed by atoms with Crippen LogP contribution in [0.5, 0.6) is 0 Å². The van der Waals surface area contributed by atoms with Gasteiger partial charge in [-0.15, -0.1) is 0 Å². The maximum atomic E-state index is 13.4. The molecule has 0 unspecified atom stereocenters. The third-order valence-corrected chi connectivity index (χ3v) is 10.6. The van der Waals surface area contributed by atoms with Crippen molar-refractivity contribution in [3.63, 3.8) is 0 Å². The van der Waals surface area contributed by atoms with Gasteiger partial charge in [0.05, 0.1) is 31.8 Å². The first kappa shape index (κ1) is 29.4. The third-order valence-electron chi connectivity index (χ3n) is 8.06. The van der Waals surface area contributed by atoms with E-state index in [0.717, 1.165) is 36.2 Å². The lowest BCUT2D eigenvalue weighted by molar-refractivity contribution is -0.135. The molecule has 0 aromatic heterocycles. The second kappa shape index (κ2) is 13.2. The maximum Gasteiger partial charge on any atom is 0.240 e. The van der Waals surface area contributed by atoms with Crippen LogP contribution in [-0.2, 0) is 27.3 Å². The second-order valence-electron chi connectivity index (χ2n) is 11.4. The van der Waals surface area contributed by atoms with Crippen LogP contribution in [0.4, 0.5) is 5.69 Å². The summed E-state index contributed by atoms with van der Waals surface area (Å²) >= 11 is 0. The van der Waals surface area contributed by atoms with Gasteiger partial charge in [0, 0.05) is 37.4 Å². The van der Waals surface area contributed by atoms with Crippen LogP contribution in [-0.4, -0.2) is 79.9 Å². The Labute approximate surface area is 233 Å². The first-order valence-electron chi connectivity index (χ1n) is 14.1. The molecule has 2 amide bonds. The molecule has 212 valence electrons. The average molecular weight is 554 g/mol. The van der Waals surface area contributed by atoms with E-state index in [1.807, 2.05) is 60.5 Å². The van der Waals surface area contributed by atoms with Gasteiger partial charge in [-0.05, 0) is 55.1 Å². The lowest BCUT2D eigenvalue weighted by Gasteiger charge is -2.31. The normalized spacial score (nSPS) is 23.7. The van der Waals surface area contributed by atoms with Crippen LogP contribution in [0.25, 0.3) is 0 Å². The Morgan fingerprint density at radius 3 is 2.56 bits per heavy atom. The first-order valence-corrected chi connectivity index (χ1v) is 17.1. The molecular formula is C30H43N3O5Si. The molecule has 2 aliphatic rings. The molecule has 0 radical (unpaired) electrons. The Morgan fingerprint density at radius 1 is 1.13 bits per heavy atom. The standard InChI is InChI=1S/C30H43N3O5Si/c1-22-26(13-12-23-10-7-11-25(18-23)33-15-14-31-20-29(33)36)38-27(30(22)39(2,3)37)19-28(35)32(16-17-34)21-24-8-5-4-6-9-24/h4-11,18,22,26-27,30-31,34,37H,12-17,19-21H2,1-3H3/t22-,26+,27-,30+/m1/s1. The van der Waals surface area contributed by atoms with E-state index < -0.39 is 8.32 Å². The summed E-state index contributed by atoms with van der Waals surface area (Å²) < 4.78 is 6.54. The predicted octanol–water partition coefficient (Wildman–Crippen LogP) is 2.94. The summed E-state index contributed by atoms with van der Waals surface area (Å²) in [6.45, 7) is 8.39. The van der Waals surface area contributed by atoms with Crippen molar-refractivity contribution in [3.05, 3.63) is 65.7 Å². The summed E-state index contributed by atoms with van der Waals surface area (Å²) in [6.07, 6.45) is 1.32. The van der Waals surface area contributed by atoms with Gasteiger partial charge in [-0.3, -0.25) is 9.59 Å². The molecule has 2 aromatic rings. The zero-order valence-electron chi connectivity index (χ0n) is 23.4. The van der Waals surface area contributed by atoms with Crippen LogP contribution >= 0.6 is 0 Å². The summed E-state index contributed by atoms with van der Waals surface area (Å²) in [6, 6.07) is 17.9. The van der Waals surface area contributed by atoms with E-state index in [0.29, 0.717) is 19.6 Å². The van der Waals surface area contributed by atoms with Crippen molar-refractivity contribution in [1.82, 2.24) is 10.2 Å². The minimum absolute atomic E-state index is 0.0658. The molecular weight excluding hydrogens is 510 g/mol. The zero-order valence-corrected chi connectivity index (χ0v) is 24.4. The number of hydrogen-bond donors (Lipinski definition) is 3. The molecule has 39 heavy (non-hydrogen) atoms. The summed E-state index contributed by atoms with van der Waals surface area (Å²) in [5.41, 5.74) is 3.01. The van der Waals surface area contributed by atoms with E-state index in [1.165, 1.54) is 0 Å². The highest BCUT2D eigenvalue weighted by molar-refractivity contribution is 6.71. The van der Waals surface area contributed by atoms with Gasteiger partial charge in [0.1, 0.15) is 0 Å². The summed E-state index contributed by atoms with van der Waals surface area (Å²) in [4.78, 5) is 40.5. The third kappa shape index (κ3) is 7.55. The van der Waals surface area contributed by atoms with Gasteiger partial charge in [-0.1, -0.05) is 49.4 Å². The average Bonchev–Trinajstić information content (AvgIpc) is 3.23. The highest BCUT2D eigenvalue weighted by Gasteiger charge is 2.50. The monoisotopic (exact) mass is 553 g/mol. The predicted molar refractivity (Wildman–Crippen MR) is 155 cm³/mol. The molecule has 0 aliphatic carbocycles. The molecule has 2 aromatic carbocycles. The number of nitrogens with zero attached hydrogens (tertiary/aromatic N) is 2. The number of anilines is 1. The van der Waals surface area contributed by atoms with Crippen molar-refractivity contribution in [2.24, 2.45) is 5.92 Å². The first-order chi connectivity index (χ1) is 18.7. The Hall–Kier alpha value is -2.56. The van der Waals surface area contributed by atoms with Gasteiger partial charge in [0.2, 0.25) is 11.8 Å². The summed E-state index contributed by atoms with van der Waals surface area (Å²) in [5.74, 6) is 0.134. The number of carbonyl (C=O) groups is 2. The molecule has 4 rings (SSSR count). The number of carbonyl (C=O) groups excluding carboxylic acids is 2. The van der Waals surface area contributed by atoms with Crippen molar-refractivity contribution in [2.45, 2.75) is 63.6 Å². The van der Waals surface area contributed by atoms with Gasteiger partial charge in [-0.25, -0.2) is 0 Å². The van der Waals surface area contributed by atoms with Gasteiger partial charge < -0.3 is 29.8 Å². The van der Waals surface area contributed by atoms with E-state index in [4.69, 9.17) is 4.74 Å². The minimum Gasteiger partial charge on any atom is -0.432 e. The number of amides is 2. The van der Waals surface area contributed by atoms with Crippen molar-refractivity contribution in [3.8, 4) is 0 Å². The fraction of sp³-hybridized carbons (Fsp3) is 0.533. The second-order valence-corrected chi connectivity index (χ2v) is 15.4. The molecule has 9 heteroatoms. The van der Waals surface area contributed by atoms with Crippen molar-refractivity contribution >= 4 is 25.8 Å². The lowest BCUT2D eigenvalue weighted by Crippen LogP contribution is -2.48. The number of aliphatic hydroxyl groups is 1. The molecule has 0 bridgehead atoms. The van der Waals surface area contributed by atoms with Crippen LogP contribution in [0, 0.1) is 5.92 Å². The molecule has 0 spiro atoms. The zero-order chi connectivity index (χ0) is 28.0. The molecule has 2 aliphatic heterocycles. The Balaban J connectivity index is 1.42. The molecule has 2 heterocycles. The smallest absolute Gasteiger partial charge is 0.240 e. The molecule has 4 atom stereocenters. The maximum absolute atomic E-state index is 13.4. The molecule has 2 saturated heterocycles. The van der Waals surface area contributed by atoms with Crippen LogP contribution in [0.1, 0.15) is 30.9 Å². The van der Waals surface area contributed by atoms with Gasteiger partial charge in [0.25, 0.3) is 0 Å². The molecule has 0 saturated carbocycles. The minimum atomic E-state index is -2.63. The number of piperazine rings is 1. The van der Waals surface area contributed by atoms with Crippen LogP contribution < -0.4 is 10.2 Å². The topological polar surface area (TPSA) is 102 Å². The van der Waals surface area contributed by atoms with Gasteiger partial charge >= 0.3 is 0 Å². The van der Waals surface area contributed by atoms with Crippen LogP contribution in [0.15, 0.2) is 54.6 Å². The largest absolute Gasteiger partial charge is 0.432 e. The van der Waals surface area contributed by atoms with Gasteiger partial charge in [0.15, 0.2) is 8.32 Å². The number of aryl methyl sites for hydroxylation is 1. The fourth-order valence-corrected chi connectivity index (χ4v) is 8.80. The number of nitrogens with one attached hydrogen (secondary N) is 1. The van der Waals surface area contributed by atoms with E-state index >= 15 is 0 Å². The molecule has 3 N–H and O–H groups in total. The Morgan fingerprint density at radius 2 is 1.87 bits per heavy atom. The van der Waals surface area contributed by atoms with Crippen molar-refractivity contribution in [2.75, 3.05) is 37.7 Å².